The Morgan fingerprint density at radius 2 is 2.00 bits per heavy atom. The molecule has 0 saturated heterocycles. The van der Waals surface area contributed by atoms with Gasteiger partial charge in [0, 0.05) is 0 Å². The van der Waals surface area contributed by atoms with Crippen LogP contribution in [0.15, 0.2) is 0 Å². The van der Waals surface area contributed by atoms with E-state index >= 15 is 0 Å². The van der Waals surface area contributed by atoms with E-state index in [0.717, 1.165) is 0 Å². The molecule has 5 heavy (non-hydrogen) atoms. The summed E-state index contributed by atoms with van der Waals surface area (Å²) in [6.07, 6.45) is 0. The molecule has 0 amide bonds. The van der Waals surface area contributed by atoms with Crippen LogP contribution < -0.4 is 20.7 Å². The van der Waals surface area contributed by atoms with E-state index < -0.39 is 0 Å². The first-order valence-electron chi connectivity index (χ1n) is 1.18. The van der Waals surface area contributed by atoms with Crippen LogP contribution in [-0.2, 0) is 11.8 Å². The topological polar surface area (TPSA) is 0 Å². The summed E-state index contributed by atoms with van der Waals surface area (Å²) in [6.45, 7) is 2.15. The van der Waals surface area contributed by atoms with Gasteiger partial charge in [0.25, 0.3) is 0 Å². The van der Waals surface area contributed by atoms with Crippen molar-refractivity contribution in [2.24, 2.45) is 0 Å². The summed E-state index contributed by atoms with van der Waals surface area (Å²) < 4.78 is 0.0951. The Kier molecular flexibility index (Phi) is 4.30. The Balaban J connectivity index is 2.85. The van der Waals surface area contributed by atoms with Crippen LogP contribution in [0.1, 0.15) is 0 Å². The molecule has 0 saturated carbocycles. The summed E-state index contributed by atoms with van der Waals surface area (Å²) >= 11 is 5.32. The molecule has 0 fully saturated rings. The fourth-order valence-corrected chi connectivity index (χ4v) is 0. The fourth-order valence-electron chi connectivity index (χ4n) is 0. The van der Waals surface area contributed by atoms with Gasteiger partial charge in [-0.15, -0.1) is 0 Å². The number of halogens is 1. The van der Waals surface area contributed by atoms with Crippen molar-refractivity contribution in [1.29, 1.82) is 0 Å². The normalized spacial score (nSPS) is 12.0. The quantitative estimate of drug-likeness (QED) is 0.285. The second-order valence-electron chi connectivity index (χ2n) is 0.590. The van der Waals surface area contributed by atoms with Gasteiger partial charge < -0.3 is 0 Å². The third kappa shape index (κ3) is 5.25. The van der Waals surface area contributed by atoms with Crippen LogP contribution in [0.3, 0.4) is 0 Å². The van der Waals surface area contributed by atoms with E-state index in [1.54, 1.807) is 0 Å². The molecule has 0 aromatic carbocycles. The Labute approximate surface area is 48.4 Å². The molecule has 0 spiro atoms. The average Bonchev–Trinajstić information content (AvgIpc) is 1.38. The maximum atomic E-state index is 4.89. The molecule has 0 N–H and O–H groups in total. The molecule has 0 aromatic rings. The van der Waals surface area contributed by atoms with Gasteiger partial charge in [0.15, 0.2) is 0 Å². The summed E-state index contributed by atoms with van der Waals surface area (Å²) in [6, 6.07) is 0. The average molecular weight is 220 g/mol. The second kappa shape index (κ2) is 3.44. The maximum absolute atomic E-state index is 4.89. The molecule has 32 valence electrons. The summed E-state index contributed by atoms with van der Waals surface area (Å²) in [4.78, 5) is 2.23. The monoisotopic (exact) mass is 220 g/mol. The third-order valence-electron chi connectivity index (χ3n) is 0.238. The molecule has 0 rings (SSSR count). The van der Waals surface area contributed by atoms with Crippen molar-refractivity contribution in [3.8, 4) is 0 Å². The van der Waals surface area contributed by atoms with Gasteiger partial charge in [0.2, 0.25) is 0 Å². The Morgan fingerprint density at radius 3 is 2.00 bits per heavy atom. The predicted octanol–water partition coefficient (Wildman–Crippen LogP) is -1.81. The molecule has 1 atom stereocenters. The van der Waals surface area contributed by atoms with E-state index in [4.69, 9.17) is 11.8 Å². The minimum atomic E-state index is 0.0951. The zero-order chi connectivity index (χ0) is 4.28. The molecule has 0 aliphatic heterocycles. The zero-order valence-electron chi connectivity index (χ0n) is 3.23. The first kappa shape index (κ1) is 6.25. The van der Waals surface area contributed by atoms with Crippen LogP contribution in [-0.4, -0.2) is 11.6 Å². The third-order valence-corrected chi connectivity index (χ3v) is 7.57. The molecule has 0 aromatic heterocycles. The minimum absolute atomic E-state index is 0.0951. The van der Waals surface area contributed by atoms with Crippen molar-refractivity contribution in [3.63, 3.8) is 0 Å². The van der Waals surface area contributed by atoms with E-state index in [1.807, 2.05) is 0 Å². The van der Waals surface area contributed by atoms with Gasteiger partial charge >= 0.3 is 48.4 Å². The molecular formula is C2H6IPS. The first-order chi connectivity index (χ1) is 2.27. The van der Waals surface area contributed by atoms with Crippen LogP contribution in [0.25, 0.3) is 0 Å². The van der Waals surface area contributed by atoms with E-state index in [1.165, 1.54) is 0 Å². The fraction of sp³-hybridized carbons (Fsp3) is 1.00. The van der Waals surface area contributed by atoms with Crippen molar-refractivity contribution in [3.05, 3.63) is 0 Å². The van der Waals surface area contributed by atoms with Gasteiger partial charge in [0.1, 0.15) is 0 Å². The van der Waals surface area contributed by atoms with Crippen molar-refractivity contribution >= 4 is 16.1 Å². The summed E-state index contributed by atoms with van der Waals surface area (Å²) in [5.74, 6) is 0. The van der Waals surface area contributed by atoms with Crippen LogP contribution in [0, 0.1) is 0 Å². The molecule has 1 unspecified atom stereocenters. The van der Waals surface area contributed by atoms with Crippen LogP contribution in [0.4, 0.5) is 0 Å². The molecule has 0 heterocycles. The number of hydrogen-bond donors (Lipinski definition) is 0. The van der Waals surface area contributed by atoms with Crippen LogP contribution >= 0.6 is 4.34 Å². The number of rotatable bonds is 1. The van der Waals surface area contributed by atoms with Gasteiger partial charge in [0.05, 0.1) is 0 Å². The summed E-state index contributed by atoms with van der Waals surface area (Å²) in [5.41, 5.74) is 0. The van der Waals surface area contributed by atoms with Crippen molar-refractivity contribution in [2.75, 3.05) is 11.6 Å². The number of alkyl halides is 1. The first-order valence-corrected chi connectivity index (χ1v) is 8.92. The standard InChI is InChI=1S/C2H6IPS/c1-3-4(2)5/h1-2H3. The summed E-state index contributed by atoms with van der Waals surface area (Å²) in [7, 11) is 0. The van der Waals surface area contributed by atoms with E-state index in [0.29, 0.717) is 20.7 Å². The van der Waals surface area contributed by atoms with E-state index in [-0.39, 0.29) is 4.34 Å². The van der Waals surface area contributed by atoms with Crippen molar-refractivity contribution in [1.82, 2.24) is 0 Å². The van der Waals surface area contributed by atoms with Gasteiger partial charge in [-0.25, -0.2) is 0 Å². The summed E-state index contributed by atoms with van der Waals surface area (Å²) in [5, 5.41) is 0. The van der Waals surface area contributed by atoms with E-state index in [2.05, 4.69) is 11.6 Å². The Bertz CT molecular complexity index is 44.9. The molecule has 0 radical (unpaired) electrons. The molecular weight excluding hydrogens is 214 g/mol. The molecule has 0 aliphatic carbocycles. The second-order valence-corrected chi connectivity index (χ2v) is 12.6. The zero-order valence-corrected chi connectivity index (χ0v) is 7.10. The van der Waals surface area contributed by atoms with E-state index in [9.17, 15) is 0 Å². The van der Waals surface area contributed by atoms with Gasteiger partial charge in [-0.1, -0.05) is 0 Å². The van der Waals surface area contributed by atoms with Gasteiger partial charge in [-0.2, -0.15) is 0 Å². The van der Waals surface area contributed by atoms with Crippen LogP contribution in [0.2, 0.25) is 0 Å². The van der Waals surface area contributed by atoms with Gasteiger partial charge in [-0.3, -0.25) is 0 Å². The molecule has 0 nitrogen and oxygen atoms in total. The Hall–Kier alpha value is 1.25. The predicted molar refractivity (Wildman–Crippen MR) is 26.1 cm³/mol. The molecule has 3 heteroatoms. The van der Waals surface area contributed by atoms with Crippen molar-refractivity contribution < 1.29 is 20.7 Å². The van der Waals surface area contributed by atoms with Crippen molar-refractivity contribution in [2.45, 2.75) is 0 Å². The SMILES string of the molecule is C[I-][P+](C)=S. The Morgan fingerprint density at radius 1 is 1.80 bits per heavy atom. The van der Waals surface area contributed by atoms with Crippen LogP contribution in [0.5, 0.6) is 0 Å². The molecule has 0 bridgehead atoms. The molecule has 0 aliphatic rings. The number of hydrogen-bond acceptors (Lipinski definition) is 1. The van der Waals surface area contributed by atoms with Gasteiger partial charge in [-0.05, 0) is 0 Å².